The van der Waals surface area contributed by atoms with Crippen LogP contribution in [0.3, 0.4) is 0 Å². The Morgan fingerprint density at radius 2 is 2.43 bits per heavy atom. The van der Waals surface area contributed by atoms with E-state index in [4.69, 9.17) is 5.11 Å². The van der Waals surface area contributed by atoms with E-state index in [9.17, 15) is 10.1 Å². The smallest absolute Gasteiger partial charge is 0.331 e. The molecule has 0 saturated heterocycles. The molecular formula is C7H12N4O3. The van der Waals surface area contributed by atoms with Crippen LogP contribution in [0, 0.1) is 10.1 Å². The maximum absolute atomic E-state index is 10.6. The number of hydrogen-bond acceptors (Lipinski definition) is 5. The molecule has 0 aliphatic carbocycles. The Kier molecular flexibility index (Phi) is 3.03. The van der Waals surface area contributed by atoms with Crippen molar-refractivity contribution in [1.29, 1.82) is 0 Å². The second kappa shape index (κ2) is 4.05. The van der Waals surface area contributed by atoms with Crippen LogP contribution >= 0.6 is 0 Å². The summed E-state index contributed by atoms with van der Waals surface area (Å²) in [6.45, 7) is 0.277. The first-order valence-electron chi connectivity index (χ1n) is 4.06. The van der Waals surface area contributed by atoms with Gasteiger partial charge in [0.1, 0.15) is 6.20 Å². The van der Waals surface area contributed by atoms with Crippen molar-refractivity contribution in [3.63, 3.8) is 0 Å². The number of nitrogens with zero attached hydrogens (tertiary/aromatic N) is 4. The molecule has 0 saturated carbocycles. The number of rotatable bonds is 4. The average molecular weight is 200 g/mol. The highest BCUT2D eigenvalue weighted by molar-refractivity contribution is 5.56. The summed E-state index contributed by atoms with van der Waals surface area (Å²) >= 11 is 0. The van der Waals surface area contributed by atoms with Crippen molar-refractivity contribution in [2.45, 2.75) is 0 Å². The van der Waals surface area contributed by atoms with Crippen molar-refractivity contribution in [2.75, 3.05) is 25.1 Å². The molecule has 0 radical (unpaired) electrons. The number of hydrogen-bond donors (Lipinski definition) is 1. The zero-order valence-corrected chi connectivity index (χ0v) is 8.04. The number of likely N-dealkylation sites (N-methyl/N-ethyl adjacent to an activating group) is 1. The van der Waals surface area contributed by atoms with Crippen LogP contribution in [0.1, 0.15) is 0 Å². The largest absolute Gasteiger partial charge is 0.395 e. The lowest BCUT2D eigenvalue weighted by atomic mass is 10.4. The van der Waals surface area contributed by atoms with Crippen molar-refractivity contribution >= 4 is 11.5 Å². The molecule has 0 amide bonds. The van der Waals surface area contributed by atoms with Crippen molar-refractivity contribution in [2.24, 2.45) is 7.05 Å². The topological polar surface area (TPSA) is 84.4 Å². The van der Waals surface area contributed by atoms with Gasteiger partial charge < -0.3 is 10.0 Å². The molecule has 0 spiro atoms. The Hall–Kier alpha value is -1.63. The second-order valence-corrected chi connectivity index (χ2v) is 2.88. The molecule has 1 rings (SSSR count). The molecule has 1 aromatic rings. The van der Waals surface area contributed by atoms with Crippen LogP contribution < -0.4 is 4.90 Å². The third-order valence-electron chi connectivity index (χ3n) is 1.88. The predicted octanol–water partition coefficient (Wildman–Crippen LogP) is -0.243. The number of nitro groups is 1. The van der Waals surface area contributed by atoms with E-state index in [2.05, 4.69) is 5.10 Å². The number of aromatic nitrogens is 2. The third-order valence-corrected chi connectivity index (χ3v) is 1.88. The van der Waals surface area contributed by atoms with Gasteiger partial charge in [-0.3, -0.25) is 10.1 Å². The fraction of sp³-hybridized carbons (Fsp3) is 0.571. The molecule has 1 aromatic heterocycles. The zero-order valence-electron chi connectivity index (χ0n) is 8.04. The molecule has 0 aliphatic heterocycles. The molecule has 0 aliphatic rings. The summed E-state index contributed by atoms with van der Waals surface area (Å²) in [6.07, 6.45) is 1.20. The summed E-state index contributed by atoms with van der Waals surface area (Å²) in [5.74, 6) is 0.393. The number of aliphatic hydroxyl groups excluding tert-OH is 1. The molecule has 0 bridgehead atoms. The minimum atomic E-state index is -0.490. The van der Waals surface area contributed by atoms with E-state index in [1.54, 1.807) is 19.0 Å². The van der Waals surface area contributed by atoms with Gasteiger partial charge in [0.05, 0.1) is 11.5 Å². The SMILES string of the molecule is CN(CCO)c1c([N+](=O)[O-])cnn1C. The van der Waals surface area contributed by atoms with E-state index in [-0.39, 0.29) is 12.3 Å². The first-order valence-corrected chi connectivity index (χ1v) is 4.06. The van der Waals surface area contributed by atoms with Crippen LogP contribution in [0.15, 0.2) is 6.20 Å². The summed E-state index contributed by atoms with van der Waals surface area (Å²) in [5.41, 5.74) is -0.0524. The highest BCUT2D eigenvalue weighted by Gasteiger charge is 2.21. The molecule has 78 valence electrons. The van der Waals surface area contributed by atoms with Crippen LogP contribution in [-0.4, -0.2) is 40.0 Å². The van der Waals surface area contributed by atoms with Crippen molar-refractivity contribution in [3.05, 3.63) is 16.3 Å². The summed E-state index contributed by atoms with van der Waals surface area (Å²) in [4.78, 5) is 11.7. The van der Waals surface area contributed by atoms with Crippen LogP contribution in [-0.2, 0) is 7.05 Å². The first-order chi connectivity index (χ1) is 6.57. The maximum atomic E-state index is 10.6. The average Bonchev–Trinajstić information content (AvgIpc) is 2.47. The summed E-state index contributed by atoms with van der Waals surface area (Å²) in [7, 11) is 3.29. The summed E-state index contributed by atoms with van der Waals surface area (Å²) in [6, 6.07) is 0. The summed E-state index contributed by atoms with van der Waals surface area (Å²) in [5, 5.41) is 23.1. The van der Waals surface area contributed by atoms with E-state index < -0.39 is 4.92 Å². The highest BCUT2D eigenvalue weighted by atomic mass is 16.6. The minimum Gasteiger partial charge on any atom is -0.395 e. The normalized spacial score (nSPS) is 10.2. The van der Waals surface area contributed by atoms with E-state index in [1.807, 2.05) is 0 Å². The molecule has 14 heavy (non-hydrogen) atoms. The fourth-order valence-electron chi connectivity index (χ4n) is 1.25. The van der Waals surface area contributed by atoms with Gasteiger partial charge in [-0.2, -0.15) is 5.10 Å². The van der Waals surface area contributed by atoms with E-state index in [0.717, 1.165) is 0 Å². The van der Waals surface area contributed by atoms with E-state index >= 15 is 0 Å². The van der Waals surface area contributed by atoms with Gasteiger partial charge in [-0.05, 0) is 0 Å². The predicted molar refractivity (Wildman–Crippen MR) is 50.2 cm³/mol. The van der Waals surface area contributed by atoms with Crippen LogP contribution in [0.5, 0.6) is 0 Å². The van der Waals surface area contributed by atoms with Gasteiger partial charge in [0.25, 0.3) is 0 Å². The maximum Gasteiger partial charge on any atom is 0.331 e. The Morgan fingerprint density at radius 1 is 1.79 bits per heavy atom. The molecule has 0 unspecified atom stereocenters. The lowest BCUT2D eigenvalue weighted by molar-refractivity contribution is -0.384. The summed E-state index contributed by atoms with van der Waals surface area (Å²) < 4.78 is 1.41. The molecule has 1 heterocycles. The minimum absolute atomic E-state index is 0.0524. The Bertz CT molecular complexity index is 336. The fourth-order valence-corrected chi connectivity index (χ4v) is 1.25. The van der Waals surface area contributed by atoms with Crippen LogP contribution in [0.4, 0.5) is 11.5 Å². The van der Waals surface area contributed by atoms with Gasteiger partial charge in [-0.25, -0.2) is 4.68 Å². The number of anilines is 1. The second-order valence-electron chi connectivity index (χ2n) is 2.88. The number of aryl methyl sites for hydroxylation is 1. The highest BCUT2D eigenvalue weighted by Crippen LogP contribution is 2.25. The Balaban J connectivity index is 3.04. The molecule has 7 heteroatoms. The standard InChI is InChI=1S/C7H12N4O3/c1-9(3-4-12)7-6(11(13)14)5-8-10(7)2/h5,12H,3-4H2,1-2H3. The quantitative estimate of drug-likeness (QED) is 0.535. The van der Waals surface area contributed by atoms with Gasteiger partial charge in [-0.15, -0.1) is 0 Å². The Morgan fingerprint density at radius 3 is 2.93 bits per heavy atom. The van der Waals surface area contributed by atoms with Gasteiger partial charge in [0.2, 0.25) is 5.82 Å². The number of aliphatic hydroxyl groups is 1. The lowest BCUT2D eigenvalue weighted by Crippen LogP contribution is -2.24. The molecule has 0 fully saturated rings. The van der Waals surface area contributed by atoms with Crippen LogP contribution in [0.25, 0.3) is 0 Å². The lowest BCUT2D eigenvalue weighted by Gasteiger charge is -2.16. The van der Waals surface area contributed by atoms with E-state index in [0.29, 0.717) is 12.4 Å². The van der Waals surface area contributed by atoms with Gasteiger partial charge in [0.15, 0.2) is 0 Å². The monoisotopic (exact) mass is 200 g/mol. The van der Waals surface area contributed by atoms with Crippen molar-refractivity contribution in [1.82, 2.24) is 9.78 Å². The molecule has 0 atom stereocenters. The van der Waals surface area contributed by atoms with Crippen molar-refractivity contribution in [3.8, 4) is 0 Å². The van der Waals surface area contributed by atoms with Gasteiger partial charge in [-0.1, -0.05) is 0 Å². The molecular weight excluding hydrogens is 188 g/mol. The Labute approximate surface area is 80.7 Å². The molecule has 0 aromatic carbocycles. The molecule has 7 nitrogen and oxygen atoms in total. The van der Waals surface area contributed by atoms with Crippen LogP contribution in [0.2, 0.25) is 0 Å². The zero-order chi connectivity index (χ0) is 10.7. The van der Waals surface area contributed by atoms with Crippen molar-refractivity contribution < 1.29 is 10.0 Å². The van der Waals surface area contributed by atoms with Gasteiger partial charge >= 0.3 is 5.69 Å². The third kappa shape index (κ3) is 1.82. The van der Waals surface area contributed by atoms with Gasteiger partial charge in [0, 0.05) is 20.6 Å². The molecule has 1 N–H and O–H groups in total. The van der Waals surface area contributed by atoms with E-state index in [1.165, 1.54) is 10.9 Å². The first kappa shape index (κ1) is 10.5.